The first kappa shape index (κ1) is 16.6. The molecule has 0 spiro atoms. The lowest BCUT2D eigenvalue weighted by atomic mass is 10.1. The molecular formula is C21H25NO2. The highest BCUT2D eigenvalue weighted by atomic mass is 16.6. The van der Waals surface area contributed by atoms with Gasteiger partial charge in [0.15, 0.2) is 6.79 Å². The maximum Gasteiger partial charge on any atom is 0.186 e. The van der Waals surface area contributed by atoms with Crippen LogP contribution in [0.15, 0.2) is 54.6 Å². The molecule has 1 aromatic heterocycles. The molecule has 0 atom stereocenters. The van der Waals surface area contributed by atoms with Crippen LogP contribution in [0.1, 0.15) is 26.7 Å². The van der Waals surface area contributed by atoms with Crippen LogP contribution in [-0.2, 0) is 6.54 Å². The fourth-order valence-corrected chi connectivity index (χ4v) is 3.15. The average Bonchev–Trinajstić information content (AvgIpc) is 2.94. The Morgan fingerprint density at radius 1 is 1.04 bits per heavy atom. The molecule has 126 valence electrons. The molecule has 1 N–H and O–H groups in total. The largest absolute Gasteiger partial charge is 0.468 e. The molecule has 0 saturated carbocycles. The van der Waals surface area contributed by atoms with Crippen molar-refractivity contribution in [2.75, 3.05) is 6.79 Å². The minimum absolute atomic E-state index is 0.300. The van der Waals surface area contributed by atoms with Crippen LogP contribution in [0.2, 0.25) is 0 Å². The van der Waals surface area contributed by atoms with Gasteiger partial charge in [-0.05, 0) is 42.5 Å². The van der Waals surface area contributed by atoms with Crippen molar-refractivity contribution < 1.29 is 9.84 Å². The maximum absolute atomic E-state index is 9.02. The van der Waals surface area contributed by atoms with Crippen molar-refractivity contribution in [3.63, 3.8) is 0 Å². The van der Waals surface area contributed by atoms with Crippen molar-refractivity contribution >= 4 is 10.9 Å². The molecule has 0 aliphatic carbocycles. The summed E-state index contributed by atoms with van der Waals surface area (Å²) in [5.41, 5.74) is 3.61. The Morgan fingerprint density at radius 3 is 2.54 bits per heavy atom. The molecule has 3 nitrogen and oxygen atoms in total. The zero-order valence-corrected chi connectivity index (χ0v) is 14.4. The third-order valence-electron chi connectivity index (χ3n) is 4.34. The molecule has 0 amide bonds. The van der Waals surface area contributed by atoms with Gasteiger partial charge in [0.05, 0.1) is 5.52 Å². The molecule has 3 aromatic rings. The Kier molecular flexibility index (Phi) is 5.21. The van der Waals surface area contributed by atoms with Gasteiger partial charge in [-0.3, -0.25) is 0 Å². The molecule has 0 radical (unpaired) electrons. The minimum Gasteiger partial charge on any atom is -0.468 e. The highest BCUT2D eigenvalue weighted by molar-refractivity contribution is 5.88. The Labute approximate surface area is 143 Å². The summed E-state index contributed by atoms with van der Waals surface area (Å²) in [6.45, 7) is 5.21. The monoisotopic (exact) mass is 323 g/mol. The van der Waals surface area contributed by atoms with Crippen LogP contribution in [0, 0.1) is 5.92 Å². The van der Waals surface area contributed by atoms with Gasteiger partial charge in [0.1, 0.15) is 5.75 Å². The molecule has 0 unspecified atom stereocenters. The number of nitrogens with zero attached hydrogens (tertiary/aromatic N) is 1. The van der Waals surface area contributed by atoms with Gasteiger partial charge in [-0.15, -0.1) is 0 Å². The summed E-state index contributed by atoms with van der Waals surface area (Å²) < 4.78 is 7.64. The first-order chi connectivity index (χ1) is 11.7. The first-order valence-corrected chi connectivity index (χ1v) is 8.61. The van der Waals surface area contributed by atoms with Crippen molar-refractivity contribution in [3.8, 4) is 17.0 Å². The molecule has 0 aliphatic rings. The predicted molar refractivity (Wildman–Crippen MR) is 99.2 cm³/mol. The molecule has 2 aromatic carbocycles. The zero-order valence-electron chi connectivity index (χ0n) is 14.4. The van der Waals surface area contributed by atoms with Gasteiger partial charge in [0.2, 0.25) is 0 Å². The van der Waals surface area contributed by atoms with Crippen LogP contribution in [-0.4, -0.2) is 16.5 Å². The summed E-state index contributed by atoms with van der Waals surface area (Å²) in [4.78, 5) is 0. The number of ether oxygens (including phenoxy) is 1. The number of rotatable bonds is 7. The van der Waals surface area contributed by atoms with E-state index in [-0.39, 0.29) is 6.79 Å². The standard InChI is InChI=1S/C21H25NO2/c1-16(2)7-6-12-22-20(17-8-4-3-5-9-17)13-18-10-11-19(24-15-23)14-21(18)22/h3-5,8-11,13-14,16,23H,6-7,12,15H2,1-2H3. The molecular weight excluding hydrogens is 298 g/mol. The van der Waals surface area contributed by atoms with E-state index >= 15 is 0 Å². The number of aliphatic hydroxyl groups is 1. The zero-order chi connectivity index (χ0) is 16.9. The highest BCUT2D eigenvalue weighted by Crippen LogP contribution is 2.31. The van der Waals surface area contributed by atoms with E-state index in [0.29, 0.717) is 11.7 Å². The molecule has 3 rings (SSSR count). The summed E-state index contributed by atoms with van der Waals surface area (Å²) in [7, 11) is 0. The van der Waals surface area contributed by atoms with Gasteiger partial charge in [0, 0.05) is 23.7 Å². The Hall–Kier alpha value is -2.26. The molecule has 1 heterocycles. The smallest absolute Gasteiger partial charge is 0.186 e. The van der Waals surface area contributed by atoms with Crippen molar-refractivity contribution in [2.45, 2.75) is 33.2 Å². The lowest BCUT2D eigenvalue weighted by Crippen LogP contribution is -2.02. The number of benzene rings is 2. The van der Waals surface area contributed by atoms with Crippen LogP contribution in [0.4, 0.5) is 0 Å². The quantitative estimate of drug-likeness (QED) is 0.616. The second kappa shape index (κ2) is 7.54. The average molecular weight is 323 g/mol. The highest BCUT2D eigenvalue weighted by Gasteiger charge is 2.11. The number of aliphatic hydroxyl groups excluding tert-OH is 1. The molecule has 3 heteroatoms. The van der Waals surface area contributed by atoms with Crippen LogP contribution in [0.3, 0.4) is 0 Å². The van der Waals surface area contributed by atoms with Gasteiger partial charge in [-0.25, -0.2) is 0 Å². The Morgan fingerprint density at radius 2 is 1.83 bits per heavy atom. The van der Waals surface area contributed by atoms with E-state index in [1.165, 1.54) is 23.1 Å². The number of hydrogen-bond acceptors (Lipinski definition) is 2. The van der Waals surface area contributed by atoms with Crippen molar-refractivity contribution in [1.29, 1.82) is 0 Å². The molecule has 24 heavy (non-hydrogen) atoms. The van der Waals surface area contributed by atoms with Crippen LogP contribution >= 0.6 is 0 Å². The predicted octanol–water partition coefficient (Wildman–Crippen LogP) is 5.07. The first-order valence-electron chi connectivity index (χ1n) is 8.61. The molecule has 0 saturated heterocycles. The van der Waals surface area contributed by atoms with Gasteiger partial charge in [0.25, 0.3) is 0 Å². The number of aromatic nitrogens is 1. The number of fused-ring (bicyclic) bond motifs is 1. The van der Waals surface area contributed by atoms with E-state index in [9.17, 15) is 0 Å². The van der Waals surface area contributed by atoms with E-state index < -0.39 is 0 Å². The van der Waals surface area contributed by atoms with E-state index in [2.05, 4.69) is 54.8 Å². The van der Waals surface area contributed by atoms with Crippen LogP contribution in [0.25, 0.3) is 22.2 Å². The van der Waals surface area contributed by atoms with Crippen molar-refractivity contribution in [3.05, 3.63) is 54.6 Å². The normalized spacial score (nSPS) is 11.3. The van der Waals surface area contributed by atoms with Crippen molar-refractivity contribution in [1.82, 2.24) is 4.57 Å². The second-order valence-corrected chi connectivity index (χ2v) is 6.58. The maximum atomic E-state index is 9.02. The van der Waals surface area contributed by atoms with Gasteiger partial charge in [-0.1, -0.05) is 44.2 Å². The summed E-state index contributed by atoms with van der Waals surface area (Å²) in [5.74, 6) is 1.41. The van der Waals surface area contributed by atoms with Gasteiger partial charge in [-0.2, -0.15) is 0 Å². The fraction of sp³-hybridized carbons (Fsp3) is 0.333. The SMILES string of the molecule is CC(C)CCCn1c(-c2ccccc2)cc2ccc(OCO)cc21. The topological polar surface area (TPSA) is 34.4 Å². The fourth-order valence-electron chi connectivity index (χ4n) is 3.15. The summed E-state index contributed by atoms with van der Waals surface area (Å²) in [6.07, 6.45) is 2.35. The molecule has 0 aliphatic heterocycles. The Balaban J connectivity index is 2.04. The van der Waals surface area contributed by atoms with Gasteiger partial charge >= 0.3 is 0 Å². The number of aryl methyl sites for hydroxylation is 1. The summed E-state index contributed by atoms with van der Waals surface area (Å²) >= 11 is 0. The van der Waals surface area contributed by atoms with E-state index in [1.807, 2.05) is 18.2 Å². The molecule has 0 bridgehead atoms. The Bertz CT molecular complexity index is 790. The van der Waals surface area contributed by atoms with E-state index in [1.54, 1.807) is 0 Å². The summed E-state index contributed by atoms with van der Waals surface area (Å²) in [6, 6.07) is 18.7. The van der Waals surface area contributed by atoms with E-state index in [4.69, 9.17) is 9.84 Å². The third-order valence-corrected chi connectivity index (χ3v) is 4.34. The lowest BCUT2D eigenvalue weighted by molar-refractivity contribution is 0.0987. The lowest BCUT2D eigenvalue weighted by Gasteiger charge is -2.13. The third kappa shape index (κ3) is 3.62. The van der Waals surface area contributed by atoms with Crippen LogP contribution < -0.4 is 4.74 Å². The van der Waals surface area contributed by atoms with Crippen molar-refractivity contribution in [2.24, 2.45) is 5.92 Å². The minimum atomic E-state index is -0.300. The second-order valence-electron chi connectivity index (χ2n) is 6.58. The van der Waals surface area contributed by atoms with E-state index in [0.717, 1.165) is 18.5 Å². The number of hydrogen-bond donors (Lipinski definition) is 1. The summed E-state index contributed by atoms with van der Waals surface area (Å²) in [5, 5.41) is 10.2. The van der Waals surface area contributed by atoms with Gasteiger partial charge < -0.3 is 14.4 Å². The molecule has 0 fully saturated rings. The van der Waals surface area contributed by atoms with Crippen LogP contribution in [0.5, 0.6) is 5.75 Å².